The molecule has 3 N–H and O–H groups in total. The highest BCUT2D eigenvalue weighted by Gasteiger charge is 2.15. The minimum atomic E-state index is -3.11. The minimum absolute atomic E-state index is 0.222. The molecule has 1 amide bonds. The molecule has 1 heterocycles. The van der Waals surface area contributed by atoms with Gasteiger partial charge in [-0.15, -0.1) is 0 Å². The Bertz CT molecular complexity index is 965. The quantitative estimate of drug-likeness (QED) is 0.685. The Labute approximate surface area is 132 Å². The van der Waals surface area contributed by atoms with Crippen LogP contribution in [0.3, 0.4) is 0 Å². The standard InChI is InChI=1S/C15H14N4O3S/c1-22-15(20)19-14-17-12-8-7-11(9-13(12)18-14)23(16,21)10-5-3-2-4-6-10/h2-9,16H,1H3,(H2,17,18,19,20). The summed E-state index contributed by atoms with van der Waals surface area (Å²) in [5.41, 5.74) is 1.16. The Kier molecular flexibility index (Phi) is 3.75. The number of carbonyl (C=O) groups excluding carboxylic acids is 1. The maximum absolute atomic E-state index is 12.8. The molecule has 23 heavy (non-hydrogen) atoms. The molecular weight excluding hydrogens is 316 g/mol. The Balaban J connectivity index is 2.02. The fraction of sp³-hybridized carbons (Fsp3) is 0.0667. The summed E-state index contributed by atoms with van der Waals surface area (Å²) in [5, 5.41) is 2.42. The van der Waals surface area contributed by atoms with Crippen LogP contribution in [-0.4, -0.2) is 27.4 Å². The third kappa shape index (κ3) is 2.88. The predicted molar refractivity (Wildman–Crippen MR) is 86.0 cm³/mol. The predicted octanol–water partition coefficient (Wildman–Crippen LogP) is 3.21. The number of amides is 1. The van der Waals surface area contributed by atoms with Crippen LogP contribution in [0.25, 0.3) is 11.0 Å². The highest BCUT2D eigenvalue weighted by atomic mass is 32.2. The van der Waals surface area contributed by atoms with E-state index in [2.05, 4.69) is 20.0 Å². The molecule has 118 valence electrons. The highest BCUT2D eigenvalue weighted by molar-refractivity contribution is 7.92. The topological polar surface area (TPSA) is 108 Å². The zero-order chi connectivity index (χ0) is 16.4. The molecule has 0 bridgehead atoms. The first-order chi connectivity index (χ1) is 11.0. The molecule has 7 nitrogen and oxygen atoms in total. The molecule has 3 aromatic rings. The summed E-state index contributed by atoms with van der Waals surface area (Å²) < 4.78 is 25.5. The Morgan fingerprint density at radius 2 is 1.96 bits per heavy atom. The third-order valence-corrected chi connectivity index (χ3v) is 5.12. The van der Waals surface area contributed by atoms with Gasteiger partial charge in [-0.2, -0.15) is 0 Å². The maximum Gasteiger partial charge on any atom is 0.413 e. The lowest BCUT2D eigenvalue weighted by molar-refractivity contribution is 0.186. The molecule has 3 rings (SSSR count). The highest BCUT2D eigenvalue weighted by Crippen LogP contribution is 2.25. The lowest BCUT2D eigenvalue weighted by atomic mass is 10.3. The van der Waals surface area contributed by atoms with E-state index in [1.165, 1.54) is 7.11 Å². The van der Waals surface area contributed by atoms with E-state index in [4.69, 9.17) is 4.78 Å². The molecule has 0 saturated carbocycles. The first-order valence-corrected chi connectivity index (χ1v) is 8.25. The van der Waals surface area contributed by atoms with E-state index in [1.807, 2.05) is 6.07 Å². The summed E-state index contributed by atoms with van der Waals surface area (Å²) >= 11 is 0. The molecule has 0 spiro atoms. The Morgan fingerprint density at radius 3 is 2.65 bits per heavy atom. The number of aromatic amines is 1. The Hall–Kier alpha value is -2.87. The van der Waals surface area contributed by atoms with E-state index in [1.54, 1.807) is 42.5 Å². The van der Waals surface area contributed by atoms with Gasteiger partial charge in [-0.05, 0) is 30.3 Å². The van der Waals surface area contributed by atoms with Gasteiger partial charge in [-0.25, -0.2) is 18.8 Å². The first kappa shape index (κ1) is 15.0. The number of carbonyl (C=O) groups is 1. The van der Waals surface area contributed by atoms with E-state index < -0.39 is 15.8 Å². The van der Waals surface area contributed by atoms with Crippen molar-refractivity contribution in [3.8, 4) is 0 Å². The van der Waals surface area contributed by atoms with E-state index in [-0.39, 0.29) is 5.95 Å². The number of hydrogen-bond donors (Lipinski definition) is 3. The molecule has 2 aromatic carbocycles. The van der Waals surface area contributed by atoms with Gasteiger partial charge in [0.1, 0.15) is 9.73 Å². The van der Waals surface area contributed by atoms with Crippen LogP contribution in [0.1, 0.15) is 0 Å². The van der Waals surface area contributed by atoms with Gasteiger partial charge in [0, 0.05) is 0 Å². The monoisotopic (exact) mass is 330 g/mol. The molecule has 0 radical (unpaired) electrons. The number of anilines is 1. The lowest BCUT2D eigenvalue weighted by Gasteiger charge is -2.07. The summed E-state index contributed by atoms with van der Waals surface area (Å²) in [4.78, 5) is 19.1. The summed E-state index contributed by atoms with van der Waals surface area (Å²) in [6, 6.07) is 13.5. The van der Waals surface area contributed by atoms with Crippen LogP contribution < -0.4 is 5.32 Å². The van der Waals surface area contributed by atoms with Gasteiger partial charge in [0.05, 0.1) is 27.9 Å². The second-order valence-corrected chi connectivity index (χ2v) is 6.81. The van der Waals surface area contributed by atoms with Crippen LogP contribution in [-0.2, 0) is 14.5 Å². The average Bonchev–Trinajstić information content (AvgIpc) is 2.96. The van der Waals surface area contributed by atoms with Crippen molar-refractivity contribution in [2.45, 2.75) is 9.79 Å². The van der Waals surface area contributed by atoms with Crippen molar-refractivity contribution >= 4 is 32.8 Å². The normalized spacial score (nSPS) is 13.4. The van der Waals surface area contributed by atoms with E-state index in [0.717, 1.165) is 0 Å². The van der Waals surface area contributed by atoms with Crippen LogP contribution in [0.5, 0.6) is 0 Å². The van der Waals surface area contributed by atoms with E-state index in [0.29, 0.717) is 20.8 Å². The molecule has 1 atom stereocenters. The van der Waals surface area contributed by atoms with Gasteiger partial charge < -0.3 is 9.72 Å². The first-order valence-electron chi connectivity index (χ1n) is 6.69. The minimum Gasteiger partial charge on any atom is -0.453 e. The van der Waals surface area contributed by atoms with Crippen molar-refractivity contribution in [2.24, 2.45) is 0 Å². The SMILES string of the molecule is COC(=O)Nc1nc2ccc(S(=N)(=O)c3ccccc3)cc2[nH]1. The molecule has 0 aliphatic heterocycles. The molecule has 1 aromatic heterocycles. The van der Waals surface area contributed by atoms with Crippen LogP contribution in [0.15, 0.2) is 58.3 Å². The molecular formula is C15H14N4O3S. The van der Waals surface area contributed by atoms with Gasteiger partial charge in [0.15, 0.2) is 0 Å². The van der Waals surface area contributed by atoms with Crippen molar-refractivity contribution in [3.63, 3.8) is 0 Å². The van der Waals surface area contributed by atoms with Gasteiger partial charge in [0.2, 0.25) is 5.95 Å². The summed E-state index contributed by atoms with van der Waals surface area (Å²) in [7, 11) is -1.85. The van der Waals surface area contributed by atoms with Crippen molar-refractivity contribution in [3.05, 3.63) is 48.5 Å². The van der Waals surface area contributed by atoms with Gasteiger partial charge in [-0.3, -0.25) is 5.32 Å². The number of methoxy groups -OCH3 is 1. The van der Waals surface area contributed by atoms with E-state index in [9.17, 15) is 9.00 Å². The van der Waals surface area contributed by atoms with Crippen LogP contribution in [0.2, 0.25) is 0 Å². The van der Waals surface area contributed by atoms with Crippen molar-refractivity contribution in [1.29, 1.82) is 4.78 Å². The smallest absolute Gasteiger partial charge is 0.413 e. The van der Waals surface area contributed by atoms with Gasteiger partial charge in [0.25, 0.3) is 0 Å². The number of fused-ring (bicyclic) bond motifs is 1. The number of aromatic nitrogens is 2. The van der Waals surface area contributed by atoms with Gasteiger partial charge in [-0.1, -0.05) is 18.2 Å². The number of rotatable bonds is 3. The number of benzene rings is 2. The van der Waals surface area contributed by atoms with Crippen LogP contribution >= 0.6 is 0 Å². The lowest BCUT2D eigenvalue weighted by Crippen LogP contribution is -2.11. The molecule has 8 heteroatoms. The molecule has 0 aliphatic rings. The van der Waals surface area contributed by atoms with Gasteiger partial charge >= 0.3 is 6.09 Å². The second kappa shape index (κ2) is 5.73. The summed E-state index contributed by atoms with van der Waals surface area (Å²) in [6.07, 6.45) is -0.641. The second-order valence-electron chi connectivity index (χ2n) is 4.75. The molecule has 0 aliphatic carbocycles. The largest absolute Gasteiger partial charge is 0.453 e. The fourth-order valence-electron chi connectivity index (χ4n) is 2.12. The number of imidazole rings is 1. The number of hydrogen-bond acceptors (Lipinski definition) is 5. The van der Waals surface area contributed by atoms with Crippen molar-refractivity contribution in [2.75, 3.05) is 12.4 Å². The fourth-order valence-corrected chi connectivity index (χ4v) is 3.48. The van der Waals surface area contributed by atoms with Crippen molar-refractivity contribution < 1.29 is 13.7 Å². The van der Waals surface area contributed by atoms with E-state index >= 15 is 0 Å². The number of H-pyrrole nitrogens is 1. The average molecular weight is 330 g/mol. The van der Waals surface area contributed by atoms with Crippen LogP contribution in [0.4, 0.5) is 10.7 Å². The van der Waals surface area contributed by atoms with Crippen molar-refractivity contribution in [1.82, 2.24) is 9.97 Å². The van der Waals surface area contributed by atoms with Crippen LogP contribution in [0, 0.1) is 4.78 Å². The summed E-state index contributed by atoms with van der Waals surface area (Å²) in [6.45, 7) is 0. The molecule has 0 saturated heterocycles. The Morgan fingerprint density at radius 1 is 1.22 bits per heavy atom. The number of nitrogens with zero attached hydrogens (tertiary/aromatic N) is 1. The number of nitrogens with one attached hydrogen (secondary N) is 3. The maximum atomic E-state index is 12.8. The molecule has 1 unspecified atom stereocenters. The third-order valence-electron chi connectivity index (χ3n) is 3.27. The summed E-state index contributed by atoms with van der Waals surface area (Å²) in [5.74, 6) is 0.222. The number of ether oxygens (including phenoxy) is 1. The molecule has 0 fully saturated rings. The zero-order valence-corrected chi connectivity index (χ0v) is 13.0. The zero-order valence-electron chi connectivity index (χ0n) is 12.2.